The minimum Gasteiger partial charge on any atom is -0.494 e. The average molecular weight is 522 g/mol. The summed E-state index contributed by atoms with van der Waals surface area (Å²) >= 11 is 0. The summed E-state index contributed by atoms with van der Waals surface area (Å²) in [7, 11) is 0. The predicted molar refractivity (Wildman–Crippen MR) is 155 cm³/mol. The molecule has 0 aromatic heterocycles. The van der Waals surface area contributed by atoms with Crippen molar-refractivity contribution in [2.24, 2.45) is 5.92 Å². The van der Waals surface area contributed by atoms with Crippen molar-refractivity contribution >= 4 is 17.6 Å². The fourth-order valence-electron chi connectivity index (χ4n) is 5.16. The summed E-state index contributed by atoms with van der Waals surface area (Å²) in [6.07, 6.45) is 15.8. The number of β-lactam (4-membered cyclic amide) rings is 1. The van der Waals surface area contributed by atoms with Crippen LogP contribution in [0, 0.1) is 5.92 Å². The molecular formula is C33H47NO4. The number of unbranched alkanes of at least 4 members (excludes halogenated alkanes) is 10. The first-order valence-corrected chi connectivity index (χ1v) is 14.9. The molecule has 208 valence electrons. The molecule has 5 heteroatoms. The van der Waals surface area contributed by atoms with Gasteiger partial charge >= 0.3 is 5.97 Å². The van der Waals surface area contributed by atoms with E-state index in [1.807, 2.05) is 29.2 Å². The number of hydrogen-bond donors (Lipinski definition) is 0. The van der Waals surface area contributed by atoms with Gasteiger partial charge in [0.15, 0.2) is 0 Å². The molecule has 2 aromatic rings. The molecule has 0 saturated carbocycles. The third-order valence-electron chi connectivity index (χ3n) is 7.59. The highest BCUT2D eigenvalue weighted by atomic mass is 16.5. The normalized spacial score (nSPS) is 16.8. The maximum absolute atomic E-state index is 12.8. The molecule has 38 heavy (non-hydrogen) atoms. The lowest BCUT2D eigenvalue weighted by atomic mass is 9.83. The molecule has 1 saturated heterocycles. The van der Waals surface area contributed by atoms with Crippen LogP contribution in [0.3, 0.4) is 0 Å². The number of carbonyl (C=O) groups excluding carboxylic acids is 2. The van der Waals surface area contributed by atoms with E-state index >= 15 is 0 Å². The van der Waals surface area contributed by atoms with Crippen LogP contribution in [0.1, 0.15) is 115 Å². The van der Waals surface area contributed by atoms with Gasteiger partial charge in [-0.15, -0.1) is 0 Å². The van der Waals surface area contributed by atoms with Gasteiger partial charge < -0.3 is 14.4 Å². The molecule has 0 radical (unpaired) electrons. The molecule has 0 aliphatic carbocycles. The van der Waals surface area contributed by atoms with E-state index in [-0.39, 0.29) is 17.9 Å². The summed E-state index contributed by atoms with van der Waals surface area (Å²) in [5.41, 5.74) is 1.33. The van der Waals surface area contributed by atoms with Gasteiger partial charge in [-0.1, -0.05) is 84.5 Å². The molecule has 2 atom stereocenters. The van der Waals surface area contributed by atoms with E-state index in [9.17, 15) is 9.59 Å². The molecule has 5 nitrogen and oxygen atoms in total. The molecule has 1 aliphatic rings. The number of esters is 1. The fraction of sp³-hybridized carbons (Fsp3) is 0.576. The monoisotopic (exact) mass is 521 g/mol. The zero-order chi connectivity index (χ0) is 27.2. The molecule has 0 spiro atoms. The second-order valence-corrected chi connectivity index (χ2v) is 10.6. The van der Waals surface area contributed by atoms with Crippen LogP contribution < -0.4 is 14.4 Å². The van der Waals surface area contributed by atoms with Crippen molar-refractivity contribution in [1.82, 2.24) is 0 Å². The van der Waals surface area contributed by atoms with Crippen molar-refractivity contribution in [2.45, 2.75) is 110 Å². The maximum Gasteiger partial charge on any atom is 0.343 e. The van der Waals surface area contributed by atoms with Crippen molar-refractivity contribution in [2.75, 3.05) is 11.5 Å². The van der Waals surface area contributed by atoms with E-state index in [0.29, 0.717) is 17.9 Å². The molecule has 3 rings (SSSR count). The van der Waals surface area contributed by atoms with Gasteiger partial charge in [-0.2, -0.15) is 0 Å². The molecule has 0 unspecified atom stereocenters. The van der Waals surface area contributed by atoms with Gasteiger partial charge in [-0.25, -0.2) is 4.79 Å². The van der Waals surface area contributed by atoms with Crippen LogP contribution in [0.4, 0.5) is 5.69 Å². The number of rotatable bonds is 18. The van der Waals surface area contributed by atoms with E-state index in [1.165, 1.54) is 64.2 Å². The van der Waals surface area contributed by atoms with Crippen molar-refractivity contribution in [3.63, 3.8) is 0 Å². The van der Waals surface area contributed by atoms with E-state index in [1.54, 1.807) is 24.3 Å². The third-order valence-corrected chi connectivity index (χ3v) is 7.59. The summed E-state index contributed by atoms with van der Waals surface area (Å²) in [6, 6.07) is 14.5. The van der Waals surface area contributed by atoms with Crippen LogP contribution in [0.2, 0.25) is 0 Å². The second-order valence-electron chi connectivity index (χ2n) is 10.6. The summed E-state index contributed by atoms with van der Waals surface area (Å²) in [6.45, 7) is 7.27. The molecular weight excluding hydrogens is 474 g/mol. The maximum atomic E-state index is 12.8. The summed E-state index contributed by atoms with van der Waals surface area (Å²) < 4.78 is 11.4. The van der Waals surface area contributed by atoms with Gasteiger partial charge in [0.2, 0.25) is 5.91 Å². The molecule has 1 fully saturated rings. The molecule has 2 aromatic carbocycles. The summed E-state index contributed by atoms with van der Waals surface area (Å²) in [4.78, 5) is 27.2. The molecule has 0 N–H and O–H groups in total. The van der Waals surface area contributed by atoms with Crippen molar-refractivity contribution in [3.8, 4) is 11.5 Å². The first kappa shape index (κ1) is 29.7. The predicted octanol–water partition coefficient (Wildman–Crippen LogP) is 8.75. The number of ether oxygens (including phenoxy) is 2. The van der Waals surface area contributed by atoms with E-state index < -0.39 is 5.97 Å². The minimum atomic E-state index is -0.410. The van der Waals surface area contributed by atoms with Crippen LogP contribution in [0.5, 0.6) is 11.5 Å². The summed E-state index contributed by atoms with van der Waals surface area (Å²) in [5, 5.41) is 0. The Bertz CT molecular complexity index is 969. The minimum absolute atomic E-state index is 0.122. The number of amides is 1. The largest absolute Gasteiger partial charge is 0.494 e. The van der Waals surface area contributed by atoms with Crippen LogP contribution in [0.25, 0.3) is 0 Å². The SMILES string of the molecule is CCCCCCCCOc1ccc(C(=O)Oc2ccc(N3C(=O)[C@H](CCCCCCCC)[C@@H]3C)cc2)cc1. The Morgan fingerprint density at radius 1 is 0.737 bits per heavy atom. The van der Waals surface area contributed by atoms with Crippen LogP contribution in [0.15, 0.2) is 48.5 Å². The zero-order valence-corrected chi connectivity index (χ0v) is 23.8. The highest BCUT2D eigenvalue weighted by Gasteiger charge is 2.44. The van der Waals surface area contributed by atoms with Crippen molar-refractivity contribution < 1.29 is 19.1 Å². The Morgan fingerprint density at radius 2 is 1.29 bits per heavy atom. The summed E-state index contributed by atoms with van der Waals surface area (Å²) in [5.74, 6) is 1.15. The van der Waals surface area contributed by atoms with Crippen LogP contribution >= 0.6 is 0 Å². The lowest BCUT2D eigenvalue weighted by molar-refractivity contribution is -0.130. The van der Waals surface area contributed by atoms with Gasteiger partial charge in [-0.05, 0) is 68.3 Å². The fourth-order valence-corrected chi connectivity index (χ4v) is 5.16. The first-order chi connectivity index (χ1) is 18.5. The highest BCUT2D eigenvalue weighted by molar-refractivity contribution is 6.02. The molecule has 1 heterocycles. The lowest BCUT2D eigenvalue weighted by Crippen LogP contribution is -2.59. The zero-order valence-electron chi connectivity index (χ0n) is 23.8. The Labute approximate surface area is 229 Å². The number of nitrogens with zero attached hydrogens (tertiary/aromatic N) is 1. The third kappa shape index (κ3) is 8.89. The number of benzene rings is 2. The van der Waals surface area contributed by atoms with Gasteiger partial charge in [0, 0.05) is 11.7 Å². The molecule has 0 bridgehead atoms. The Hall–Kier alpha value is -2.82. The lowest BCUT2D eigenvalue weighted by Gasteiger charge is -2.45. The standard InChI is InChI=1S/C33H47NO4/c1-4-6-8-10-12-14-16-31-26(3)34(32(31)35)28-19-23-30(24-20-28)38-33(36)27-17-21-29(22-18-27)37-25-15-13-11-9-7-5-2/h17-24,26,31H,4-16,25H2,1-3H3/t26-,31+/m0/s1. The van der Waals surface area contributed by atoms with E-state index in [0.717, 1.165) is 30.7 Å². The Morgan fingerprint density at radius 3 is 1.89 bits per heavy atom. The van der Waals surface area contributed by atoms with Crippen LogP contribution in [-0.4, -0.2) is 24.5 Å². The topological polar surface area (TPSA) is 55.8 Å². The van der Waals surface area contributed by atoms with E-state index in [4.69, 9.17) is 9.47 Å². The second kappa shape index (κ2) is 16.2. The van der Waals surface area contributed by atoms with Gasteiger partial charge in [-0.3, -0.25) is 4.79 Å². The van der Waals surface area contributed by atoms with Gasteiger partial charge in [0.1, 0.15) is 11.5 Å². The quantitative estimate of drug-likeness (QED) is 0.0851. The van der Waals surface area contributed by atoms with E-state index in [2.05, 4.69) is 20.8 Å². The Balaban J connectivity index is 1.39. The van der Waals surface area contributed by atoms with Crippen LogP contribution in [-0.2, 0) is 4.79 Å². The van der Waals surface area contributed by atoms with Gasteiger partial charge in [0.25, 0.3) is 0 Å². The molecule has 1 aliphatic heterocycles. The smallest absolute Gasteiger partial charge is 0.343 e. The molecule has 1 amide bonds. The average Bonchev–Trinajstić information content (AvgIpc) is 2.93. The number of anilines is 1. The Kier molecular flexibility index (Phi) is 12.7. The highest BCUT2D eigenvalue weighted by Crippen LogP contribution is 2.36. The number of carbonyl (C=O) groups is 2. The van der Waals surface area contributed by atoms with Crippen molar-refractivity contribution in [1.29, 1.82) is 0 Å². The first-order valence-electron chi connectivity index (χ1n) is 14.9. The van der Waals surface area contributed by atoms with Crippen molar-refractivity contribution in [3.05, 3.63) is 54.1 Å². The number of hydrogen-bond acceptors (Lipinski definition) is 4. The van der Waals surface area contributed by atoms with Gasteiger partial charge in [0.05, 0.1) is 18.1 Å².